The number of aliphatic imine (C=N–C) groups is 1. The van der Waals surface area contributed by atoms with Crippen LogP contribution in [-0.2, 0) is 18.6 Å². The zero-order chi connectivity index (χ0) is 23.2. The zero-order valence-corrected chi connectivity index (χ0v) is 21.8. The first kappa shape index (κ1) is 22.5. The summed E-state index contributed by atoms with van der Waals surface area (Å²) in [5.41, 5.74) is 0.458. The van der Waals surface area contributed by atoms with Gasteiger partial charge in [-0.15, -0.1) is 0 Å². The number of nitrogens with zero attached hydrogens (tertiary/aromatic N) is 2. The Morgan fingerprint density at radius 2 is 1.78 bits per heavy atom. The van der Waals surface area contributed by atoms with Crippen molar-refractivity contribution in [3.05, 3.63) is 35.9 Å². The SMILES string of the molecule is CN1C(c2ccccc2)=NC2(CC2)[C@]12[C@@H](CO[Si](C)(C)C(C)(C)C)O[C@@H]1OC(C)(C)O[C@@H]12. The monoisotopic (exact) mass is 458 g/mol. The van der Waals surface area contributed by atoms with Gasteiger partial charge in [0.2, 0.25) is 0 Å². The van der Waals surface area contributed by atoms with E-state index in [2.05, 4.69) is 70.1 Å². The fourth-order valence-electron chi connectivity index (χ4n) is 5.54. The lowest BCUT2D eigenvalue weighted by Gasteiger charge is -2.46. The van der Waals surface area contributed by atoms with Crippen LogP contribution in [0.5, 0.6) is 0 Å². The number of amidine groups is 1. The summed E-state index contributed by atoms with van der Waals surface area (Å²) in [7, 11) is 0.200. The molecule has 6 nitrogen and oxygen atoms in total. The molecule has 0 radical (unpaired) electrons. The number of rotatable bonds is 4. The number of ether oxygens (including phenoxy) is 3. The first-order valence-corrected chi connectivity index (χ1v) is 14.8. The molecular weight excluding hydrogens is 420 g/mol. The quantitative estimate of drug-likeness (QED) is 0.620. The summed E-state index contributed by atoms with van der Waals surface area (Å²) in [6, 6.07) is 10.5. The molecule has 1 aliphatic carbocycles. The zero-order valence-electron chi connectivity index (χ0n) is 20.8. The molecule has 7 heteroatoms. The van der Waals surface area contributed by atoms with Crippen molar-refractivity contribution in [2.24, 2.45) is 4.99 Å². The van der Waals surface area contributed by atoms with Crippen molar-refractivity contribution in [3.63, 3.8) is 0 Å². The molecule has 0 amide bonds. The van der Waals surface area contributed by atoms with Crippen LogP contribution in [-0.4, -0.2) is 68.1 Å². The van der Waals surface area contributed by atoms with E-state index in [0.29, 0.717) is 6.61 Å². The van der Waals surface area contributed by atoms with Crippen LogP contribution >= 0.6 is 0 Å². The standard InChI is InChI=1S/C25H38N2O4Si/c1-22(2,3)32(7,8)28-16-18-25(19-21(29-18)31-23(4,5)30-19)24(14-15-24)26-20(27(25)6)17-12-10-9-11-13-17/h9-13,18-19,21H,14-16H2,1-8H3/t18-,19+,21-,25-/m1/s1. The third-order valence-electron chi connectivity index (χ3n) is 8.38. The largest absolute Gasteiger partial charge is 0.414 e. The maximum atomic E-state index is 6.72. The Morgan fingerprint density at radius 1 is 1.12 bits per heavy atom. The summed E-state index contributed by atoms with van der Waals surface area (Å²) < 4.78 is 26.1. The van der Waals surface area contributed by atoms with Gasteiger partial charge >= 0.3 is 0 Å². The van der Waals surface area contributed by atoms with Gasteiger partial charge in [0.25, 0.3) is 0 Å². The number of likely N-dealkylation sites (N-methyl/N-ethyl adjacent to an activating group) is 1. The Bertz CT molecular complexity index is 922. The van der Waals surface area contributed by atoms with Crippen molar-refractivity contribution in [2.75, 3.05) is 13.7 Å². The van der Waals surface area contributed by atoms with Gasteiger partial charge in [-0.3, -0.25) is 4.99 Å². The molecule has 176 valence electrons. The minimum Gasteiger partial charge on any atom is -0.414 e. The van der Waals surface area contributed by atoms with Crippen molar-refractivity contribution in [2.45, 2.75) is 101 Å². The number of hydrogen-bond acceptors (Lipinski definition) is 6. The first-order chi connectivity index (χ1) is 14.8. The summed E-state index contributed by atoms with van der Waals surface area (Å²) in [5.74, 6) is 0.331. The molecule has 5 rings (SSSR count). The van der Waals surface area contributed by atoms with Crippen LogP contribution < -0.4 is 0 Å². The molecule has 0 unspecified atom stereocenters. The highest BCUT2D eigenvalue weighted by atomic mass is 28.4. The van der Waals surface area contributed by atoms with E-state index < -0.39 is 25.9 Å². The molecule has 0 aromatic heterocycles. The summed E-state index contributed by atoms with van der Waals surface area (Å²) in [6.45, 7) is 15.9. The molecule has 1 saturated carbocycles. The van der Waals surface area contributed by atoms with E-state index in [4.69, 9.17) is 23.6 Å². The van der Waals surface area contributed by atoms with Gasteiger partial charge in [-0.2, -0.15) is 0 Å². The van der Waals surface area contributed by atoms with Gasteiger partial charge in [0.05, 0.1) is 12.1 Å². The number of fused-ring (bicyclic) bond motifs is 3. The topological polar surface area (TPSA) is 52.5 Å². The van der Waals surface area contributed by atoms with E-state index in [0.717, 1.165) is 24.2 Å². The molecule has 3 aliphatic heterocycles. The van der Waals surface area contributed by atoms with Crippen molar-refractivity contribution < 1.29 is 18.6 Å². The molecule has 3 heterocycles. The molecule has 4 aliphatic rings. The molecule has 32 heavy (non-hydrogen) atoms. The summed E-state index contributed by atoms with van der Waals surface area (Å²) in [4.78, 5) is 7.69. The number of hydrogen-bond donors (Lipinski definition) is 0. The second-order valence-electron chi connectivity index (χ2n) is 11.8. The molecule has 3 fully saturated rings. The molecule has 1 aromatic rings. The van der Waals surface area contributed by atoms with Gasteiger partial charge in [0, 0.05) is 12.6 Å². The van der Waals surface area contributed by atoms with Crippen molar-refractivity contribution in [1.29, 1.82) is 0 Å². The Balaban J connectivity index is 1.54. The van der Waals surface area contributed by atoms with Crippen LogP contribution in [0.15, 0.2) is 35.3 Å². The Morgan fingerprint density at radius 3 is 2.38 bits per heavy atom. The van der Waals surface area contributed by atoms with Gasteiger partial charge in [0.15, 0.2) is 20.4 Å². The lowest BCUT2D eigenvalue weighted by atomic mass is 9.78. The van der Waals surface area contributed by atoms with E-state index in [-0.39, 0.29) is 22.8 Å². The third kappa shape index (κ3) is 3.08. The Labute approximate surface area is 193 Å². The summed E-state index contributed by atoms with van der Waals surface area (Å²) in [5, 5.41) is 0.133. The van der Waals surface area contributed by atoms with E-state index in [1.807, 2.05) is 19.9 Å². The maximum Gasteiger partial charge on any atom is 0.192 e. The molecule has 0 N–H and O–H groups in total. The van der Waals surface area contributed by atoms with Crippen LogP contribution in [0, 0.1) is 0 Å². The lowest BCUT2D eigenvalue weighted by Crippen LogP contribution is -2.66. The molecule has 1 aromatic carbocycles. The molecule has 0 bridgehead atoms. The van der Waals surface area contributed by atoms with Crippen LogP contribution in [0.25, 0.3) is 0 Å². The minimum atomic E-state index is -1.95. The van der Waals surface area contributed by atoms with Gasteiger partial charge < -0.3 is 23.5 Å². The predicted molar refractivity (Wildman–Crippen MR) is 127 cm³/mol. The summed E-state index contributed by atoms with van der Waals surface area (Å²) >= 11 is 0. The van der Waals surface area contributed by atoms with Crippen LogP contribution in [0.4, 0.5) is 0 Å². The normalized spacial score (nSPS) is 34.9. The molecule has 2 saturated heterocycles. The first-order valence-electron chi connectivity index (χ1n) is 11.9. The van der Waals surface area contributed by atoms with E-state index in [1.54, 1.807) is 0 Å². The van der Waals surface area contributed by atoms with Gasteiger partial charge in [-0.05, 0) is 44.8 Å². The highest BCUT2D eigenvalue weighted by Gasteiger charge is 2.79. The minimum absolute atomic E-state index is 0.133. The van der Waals surface area contributed by atoms with Crippen LogP contribution in [0.1, 0.15) is 53.0 Å². The molecule has 2 spiro atoms. The number of benzene rings is 1. The maximum absolute atomic E-state index is 6.72. The van der Waals surface area contributed by atoms with Crippen molar-refractivity contribution >= 4 is 14.2 Å². The summed E-state index contributed by atoms with van der Waals surface area (Å²) in [6.07, 6.45) is 1.24. The average molecular weight is 459 g/mol. The fraction of sp³-hybridized carbons (Fsp3) is 0.720. The second kappa shape index (κ2) is 6.89. The Kier molecular flexibility index (Phi) is 4.85. The van der Waals surface area contributed by atoms with Gasteiger partial charge in [-0.1, -0.05) is 51.1 Å². The van der Waals surface area contributed by atoms with E-state index in [9.17, 15) is 0 Å². The van der Waals surface area contributed by atoms with Gasteiger partial charge in [0.1, 0.15) is 23.6 Å². The average Bonchev–Trinajstić information content (AvgIpc) is 3.25. The van der Waals surface area contributed by atoms with Crippen molar-refractivity contribution in [3.8, 4) is 0 Å². The third-order valence-corrected chi connectivity index (χ3v) is 12.9. The van der Waals surface area contributed by atoms with Crippen LogP contribution in [0.3, 0.4) is 0 Å². The van der Waals surface area contributed by atoms with E-state index >= 15 is 0 Å². The predicted octanol–water partition coefficient (Wildman–Crippen LogP) is 4.55. The smallest absolute Gasteiger partial charge is 0.192 e. The van der Waals surface area contributed by atoms with Crippen LogP contribution in [0.2, 0.25) is 18.1 Å². The fourth-order valence-corrected chi connectivity index (χ4v) is 6.55. The lowest BCUT2D eigenvalue weighted by molar-refractivity contribution is -0.222. The molecule has 4 atom stereocenters. The van der Waals surface area contributed by atoms with Gasteiger partial charge in [-0.25, -0.2) is 0 Å². The highest BCUT2D eigenvalue weighted by Crippen LogP contribution is 2.63. The Hall–Kier alpha value is -1.25. The van der Waals surface area contributed by atoms with E-state index in [1.165, 1.54) is 0 Å². The molecular formula is C25H38N2O4Si. The second-order valence-corrected chi connectivity index (χ2v) is 16.6. The van der Waals surface area contributed by atoms with Crippen molar-refractivity contribution in [1.82, 2.24) is 4.90 Å². The highest BCUT2D eigenvalue weighted by molar-refractivity contribution is 6.74.